The van der Waals surface area contributed by atoms with Crippen molar-refractivity contribution in [2.24, 2.45) is 0 Å². The summed E-state index contributed by atoms with van der Waals surface area (Å²) in [6.07, 6.45) is 4.88. The minimum atomic E-state index is -0.999. The summed E-state index contributed by atoms with van der Waals surface area (Å²) < 4.78 is 17.2. The molecule has 5 heteroatoms. The molecule has 0 saturated heterocycles. The highest BCUT2D eigenvalue weighted by Gasteiger charge is 2.49. The number of furan rings is 2. The van der Waals surface area contributed by atoms with Gasteiger partial charge in [0.05, 0.1) is 24.8 Å². The lowest BCUT2D eigenvalue weighted by molar-refractivity contribution is -0.00429. The van der Waals surface area contributed by atoms with E-state index in [1.165, 1.54) is 0 Å². The molecule has 4 rings (SSSR count). The third-order valence-electron chi connectivity index (χ3n) is 3.89. The zero-order valence-electron chi connectivity index (χ0n) is 11.4. The molecule has 0 fully saturated rings. The van der Waals surface area contributed by atoms with E-state index in [0.29, 0.717) is 17.2 Å². The lowest BCUT2D eigenvalue weighted by Crippen LogP contribution is -2.27. The van der Waals surface area contributed by atoms with E-state index >= 15 is 0 Å². The lowest BCUT2D eigenvalue weighted by atomic mass is 9.88. The number of rotatable bonds is 2. The fourth-order valence-corrected chi connectivity index (χ4v) is 2.84. The van der Waals surface area contributed by atoms with Crippen LogP contribution in [0.2, 0.25) is 0 Å². The van der Waals surface area contributed by atoms with Crippen molar-refractivity contribution in [1.82, 2.24) is 4.98 Å². The van der Waals surface area contributed by atoms with E-state index in [-0.39, 0.29) is 12.4 Å². The van der Waals surface area contributed by atoms with E-state index in [1.54, 1.807) is 37.8 Å². The van der Waals surface area contributed by atoms with Gasteiger partial charge in [0, 0.05) is 17.3 Å². The summed E-state index contributed by atoms with van der Waals surface area (Å²) >= 11 is 0. The van der Waals surface area contributed by atoms with Crippen molar-refractivity contribution in [2.45, 2.75) is 19.1 Å². The first-order chi connectivity index (χ1) is 10.2. The maximum absolute atomic E-state index is 10.2. The fourth-order valence-electron chi connectivity index (χ4n) is 2.84. The number of nitrogens with zero attached hydrogens (tertiary/aromatic N) is 1. The maximum atomic E-state index is 10.2. The van der Waals surface area contributed by atoms with Crippen molar-refractivity contribution < 1.29 is 18.7 Å². The number of hydrogen-bond donors (Lipinski definition) is 1. The summed E-state index contributed by atoms with van der Waals surface area (Å²) in [5.41, 5.74) is 1.04. The standard InChI is InChI=1S/C16H13NO4/c1-10-15(18)11-9-21-16(12(11)8-17-10,13-4-2-6-19-13)14-5-3-7-20-14/h2-8,18H,9H2,1H3. The second-order valence-corrected chi connectivity index (χ2v) is 5.01. The summed E-state index contributed by atoms with van der Waals surface area (Å²) in [6.45, 7) is 2.03. The Bertz CT molecular complexity index is 741. The molecule has 106 valence electrons. The highest BCUT2D eigenvalue weighted by atomic mass is 16.5. The summed E-state index contributed by atoms with van der Waals surface area (Å²) in [7, 11) is 0. The highest BCUT2D eigenvalue weighted by molar-refractivity contribution is 5.52. The molecule has 0 atom stereocenters. The molecule has 1 aliphatic heterocycles. The predicted octanol–water partition coefficient (Wildman–Crippen LogP) is 3.10. The van der Waals surface area contributed by atoms with Gasteiger partial charge >= 0.3 is 0 Å². The van der Waals surface area contributed by atoms with Crippen molar-refractivity contribution in [2.75, 3.05) is 0 Å². The number of ether oxygens (including phenoxy) is 1. The Labute approximate surface area is 120 Å². The van der Waals surface area contributed by atoms with Crippen LogP contribution < -0.4 is 0 Å². The van der Waals surface area contributed by atoms with Gasteiger partial charge in [-0.05, 0) is 31.2 Å². The first-order valence-electron chi connectivity index (χ1n) is 6.63. The summed E-state index contributed by atoms with van der Waals surface area (Å²) in [4.78, 5) is 4.25. The van der Waals surface area contributed by atoms with Crippen LogP contribution in [0.3, 0.4) is 0 Å². The number of pyridine rings is 1. The zero-order valence-corrected chi connectivity index (χ0v) is 11.4. The van der Waals surface area contributed by atoms with E-state index < -0.39 is 5.60 Å². The van der Waals surface area contributed by atoms with Gasteiger partial charge in [-0.25, -0.2) is 0 Å². The Balaban J connectivity index is 2.03. The quantitative estimate of drug-likeness (QED) is 0.782. The molecule has 3 aromatic heterocycles. The molecule has 0 unspecified atom stereocenters. The van der Waals surface area contributed by atoms with Crippen LogP contribution in [0.4, 0.5) is 0 Å². The summed E-state index contributed by atoms with van der Waals surface area (Å²) in [5.74, 6) is 1.36. The normalized spacial score (nSPS) is 16.0. The molecule has 21 heavy (non-hydrogen) atoms. The first-order valence-corrected chi connectivity index (χ1v) is 6.63. The molecular formula is C16H13NO4. The molecule has 0 aromatic carbocycles. The number of aryl methyl sites for hydroxylation is 1. The van der Waals surface area contributed by atoms with Crippen LogP contribution in [-0.2, 0) is 16.9 Å². The van der Waals surface area contributed by atoms with Crippen LogP contribution >= 0.6 is 0 Å². The second kappa shape index (κ2) is 4.23. The Kier molecular flexibility index (Phi) is 2.46. The van der Waals surface area contributed by atoms with Crippen molar-refractivity contribution in [3.8, 4) is 5.75 Å². The zero-order chi connectivity index (χ0) is 14.4. The van der Waals surface area contributed by atoms with Gasteiger partial charge in [0.15, 0.2) is 0 Å². The van der Waals surface area contributed by atoms with Gasteiger partial charge in [-0.3, -0.25) is 4.98 Å². The van der Waals surface area contributed by atoms with Gasteiger partial charge in [0.1, 0.15) is 17.3 Å². The average molecular weight is 283 g/mol. The number of fused-ring (bicyclic) bond motifs is 1. The lowest BCUT2D eigenvalue weighted by Gasteiger charge is -2.24. The average Bonchev–Trinajstić information content (AvgIpc) is 3.22. The van der Waals surface area contributed by atoms with Gasteiger partial charge < -0.3 is 18.7 Å². The summed E-state index contributed by atoms with van der Waals surface area (Å²) in [5, 5.41) is 10.2. The Morgan fingerprint density at radius 2 is 1.81 bits per heavy atom. The molecule has 0 spiro atoms. The maximum Gasteiger partial charge on any atom is 0.210 e. The minimum Gasteiger partial charge on any atom is -0.506 e. The van der Waals surface area contributed by atoms with Gasteiger partial charge in [-0.15, -0.1) is 0 Å². The topological polar surface area (TPSA) is 68.6 Å². The van der Waals surface area contributed by atoms with Gasteiger partial charge in [0.25, 0.3) is 0 Å². The van der Waals surface area contributed by atoms with Gasteiger partial charge in [0.2, 0.25) is 5.60 Å². The molecular weight excluding hydrogens is 270 g/mol. The van der Waals surface area contributed by atoms with Crippen LogP contribution in [0.5, 0.6) is 5.75 Å². The Morgan fingerprint density at radius 1 is 1.14 bits per heavy atom. The third kappa shape index (κ3) is 1.52. The van der Waals surface area contributed by atoms with Crippen molar-refractivity contribution in [3.63, 3.8) is 0 Å². The van der Waals surface area contributed by atoms with E-state index in [4.69, 9.17) is 13.6 Å². The smallest absolute Gasteiger partial charge is 0.210 e. The molecule has 0 aliphatic carbocycles. The Morgan fingerprint density at radius 3 is 2.38 bits per heavy atom. The SMILES string of the molecule is Cc1ncc2c(c1O)COC2(c1ccco1)c1ccco1. The van der Waals surface area contributed by atoms with Crippen molar-refractivity contribution >= 4 is 0 Å². The molecule has 1 N–H and O–H groups in total. The fraction of sp³-hybridized carbons (Fsp3) is 0.188. The molecule has 0 amide bonds. The molecule has 3 aromatic rings. The Hall–Kier alpha value is -2.53. The first kappa shape index (κ1) is 12.2. The largest absolute Gasteiger partial charge is 0.506 e. The molecule has 0 saturated carbocycles. The number of hydrogen-bond acceptors (Lipinski definition) is 5. The number of aromatic nitrogens is 1. The van der Waals surface area contributed by atoms with E-state index in [1.807, 2.05) is 12.1 Å². The molecule has 4 heterocycles. The number of aromatic hydroxyl groups is 1. The third-order valence-corrected chi connectivity index (χ3v) is 3.89. The monoisotopic (exact) mass is 283 g/mol. The van der Waals surface area contributed by atoms with Crippen LogP contribution in [0.1, 0.15) is 28.3 Å². The molecule has 1 aliphatic rings. The van der Waals surface area contributed by atoms with Crippen LogP contribution in [0.25, 0.3) is 0 Å². The van der Waals surface area contributed by atoms with E-state index in [9.17, 15) is 5.11 Å². The highest BCUT2D eigenvalue weighted by Crippen LogP contribution is 2.49. The summed E-state index contributed by atoms with van der Waals surface area (Å²) in [6, 6.07) is 7.24. The molecule has 5 nitrogen and oxygen atoms in total. The van der Waals surface area contributed by atoms with Gasteiger partial charge in [-0.2, -0.15) is 0 Å². The van der Waals surface area contributed by atoms with E-state index in [0.717, 1.165) is 11.1 Å². The van der Waals surface area contributed by atoms with Crippen molar-refractivity contribution in [1.29, 1.82) is 0 Å². The predicted molar refractivity (Wildman–Crippen MR) is 72.7 cm³/mol. The molecule has 0 bridgehead atoms. The van der Waals surface area contributed by atoms with Crippen LogP contribution in [-0.4, -0.2) is 10.1 Å². The van der Waals surface area contributed by atoms with Crippen LogP contribution in [0.15, 0.2) is 51.8 Å². The second-order valence-electron chi connectivity index (χ2n) is 5.01. The van der Waals surface area contributed by atoms with Crippen LogP contribution in [0, 0.1) is 6.92 Å². The minimum absolute atomic E-state index is 0.160. The van der Waals surface area contributed by atoms with E-state index in [2.05, 4.69) is 4.98 Å². The molecule has 0 radical (unpaired) electrons. The van der Waals surface area contributed by atoms with Crippen molar-refractivity contribution in [3.05, 3.63) is 71.3 Å². The van der Waals surface area contributed by atoms with Gasteiger partial charge in [-0.1, -0.05) is 0 Å².